The summed E-state index contributed by atoms with van der Waals surface area (Å²) in [6.45, 7) is 9.24. The Morgan fingerprint density at radius 3 is 1.39 bits per heavy atom. The number of carbonyl (C=O) groups is 3. The average Bonchev–Trinajstić information content (AvgIpc) is 3.16. The highest BCUT2D eigenvalue weighted by atomic mass is 16.5. The highest BCUT2D eigenvalue weighted by Gasteiger charge is 2.24. The van der Waals surface area contributed by atoms with E-state index < -0.39 is 34.0 Å². The molecular weight excluding hydrogens is 702 g/mol. The molecule has 3 rings (SSSR count). The van der Waals surface area contributed by atoms with E-state index in [1.165, 1.54) is 18.2 Å². The summed E-state index contributed by atoms with van der Waals surface area (Å²) in [5, 5.41) is 8.43. The number of hydrogen-bond donors (Lipinski definition) is 3. The molecule has 3 N–H and O–H groups in total. The zero-order valence-electron chi connectivity index (χ0n) is 31.6. The largest absolute Gasteiger partial charge is 0.486 e. The van der Waals surface area contributed by atoms with Crippen molar-refractivity contribution >= 4 is 17.7 Å². The minimum absolute atomic E-state index is 0.116. The van der Waals surface area contributed by atoms with E-state index in [4.69, 9.17) is 27.5 Å². The van der Waals surface area contributed by atoms with E-state index in [2.05, 4.69) is 16.0 Å². The predicted octanol–water partition coefficient (Wildman–Crippen LogP) is 5.10. The van der Waals surface area contributed by atoms with E-state index in [0.717, 1.165) is 38.1 Å². The summed E-state index contributed by atoms with van der Waals surface area (Å²) in [5.74, 6) is -3.18. The Morgan fingerprint density at radius 2 is 0.981 bits per heavy atom. The topological polar surface area (TPSA) is 206 Å². The average molecular weight is 756 g/mol. The van der Waals surface area contributed by atoms with Gasteiger partial charge in [0.2, 0.25) is 50.8 Å². The Hall–Kier alpha value is -5.34. The van der Waals surface area contributed by atoms with Gasteiger partial charge in [0, 0.05) is 37.8 Å². The number of nitrogens with one attached hydrogen (secondary N) is 3. The van der Waals surface area contributed by atoms with E-state index in [9.17, 15) is 28.8 Å². The number of ether oxygens (including phenoxy) is 3. The standard InChI is InChI=1S/C39H53N3O12/c1-5-8-17-49-31-28(43)13-20-52-34(31)37(46)40-16-11-12-27(25-42-39(48)36-33(51-19-10-7-3)30(45)15-22-54-36)23-26(4)24-41-38(47)35-32(50-18-9-6-2)29(44)14-21-53-35/h13-15,20-22,26-27H,5-12,16-19,23-25H2,1-4H3,(H,40,46)(H,41,47)(H,42,48). The number of amides is 3. The second kappa shape index (κ2) is 23.4. The van der Waals surface area contributed by atoms with Gasteiger partial charge < -0.3 is 43.4 Å². The summed E-state index contributed by atoms with van der Waals surface area (Å²) >= 11 is 0. The van der Waals surface area contributed by atoms with Crippen LogP contribution in [0.15, 0.2) is 64.6 Å². The lowest BCUT2D eigenvalue weighted by molar-refractivity contribution is 0.0903. The van der Waals surface area contributed by atoms with Crippen molar-refractivity contribution in [2.24, 2.45) is 11.8 Å². The molecule has 15 nitrogen and oxygen atoms in total. The Bertz CT molecular complexity index is 1810. The van der Waals surface area contributed by atoms with Gasteiger partial charge in [-0.3, -0.25) is 28.8 Å². The number of hydrogen-bond acceptors (Lipinski definition) is 12. The Kier molecular flexibility index (Phi) is 18.6. The Balaban J connectivity index is 1.68. The van der Waals surface area contributed by atoms with Gasteiger partial charge in [0.05, 0.1) is 38.6 Å². The molecule has 3 amide bonds. The molecule has 15 heteroatoms. The molecule has 3 aromatic heterocycles. The molecule has 0 aromatic carbocycles. The van der Waals surface area contributed by atoms with Crippen molar-refractivity contribution in [1.29, 1.82) is 0 Å². The molecule has 0 bridgehead atoms. The third-order valence-corrected chi connectivity index (χ3v) is 8.33. The van der Waals surface area contributed by atoms with E-state index in [1.807, 2.05) is 27.7 Å². The minimum atomic E-state index is -0.622. The van der Waals surface area contributed by atoms with Crippen molar-refractivity contribution in [2.45, 2.75) is 85.5 Å². The minimum Gasteiger partial charge on any atom is -0.486 e. The fourth-order valence-electron chi connectivity index (χ4n) is 5.34. The van der Waals surface area contributed by atoms with Gasteiger partial charge in [-0.05, 0) is 50.4 Å². The molecule has 54 heavy (non-hydrogen) atoms. The maximum Gasteiger partial charge on any atom is 0.291 e. The SMILES string of the molecule is CCCCOc1c(C(=O)NCCCC(CNC(=O)c2occc(=O)c2OCCCC)CC(C)CNC(=O)c2occc(=O)c2OCCCC)occc1=O. The van der Waals surface area contributed by atoms with Crippen molar-refractivity contribution in [3.63, 3.8) is 0 Å². The van der Waals surface area contributed by atoms with Crippen LogP contribution in [-0.4, -0.2) is 57.2 Å². The van der Waals surface area contributed by atoms with Gasteiger partial charge in [-0.1, -0.05) is 47.0 Å². The number of rotatable bonds is 25. The first kappa shape index (κ1) is 43.1. The summed E-state index contributed by atoms with van der Waals surface area (Å²) in [5.41, 5.74) is -1.39. The van der Waals surface area contributed by atoms with E-state index >= 15 is 0 Å². The van der Waals surface area contributed by atoms with Crippen LogP contribution in [0.2, 0.25) is 0 Å². The molecule has 0 spiro atoms. The van der Waals surface area contributed by atoms with Crippen LogP contribution >= 0.6 is 0 Å². The lowest BCUT2D eigenvalue weighted by Gasteiger charge is -2.22. The molecule has 0 saturated carbocycles. The Morgan fingerprint density at radius 1 is 0.593 bits per heavy atom. The van der Waals surface area contributed by atoms with Crippen molar-refractivity contribution in [2.75, 3.05) is 39.5 Å². The van der Waals surface area contributed by atoms with Crippen LogP contribution in [0, 0.1) is 11.8 Å². The van der Waals surface area contributed by atoms with Crippen LogP contribution in [0.5, 0.6) is 17.2 Å². The molecule has 0 aliphatic heterocycles. The maximum atomic E-state index is 13.3. The van der Waals surface area contributed by atoms with Gasteiger partial charge in [-0.25, -0.2) is 0 Å². The molecule has 2 atom stereocenters. The molecule has 0 saturated heterocycles. The molecule has 0 radical (unpaired) electrons. The highest BCUT2D eigenvalue weighted by molar-refractivity contribution is 5.94. The zero-order valence-corrected chi connectivity index (χ0v) is 31.6. The quantitative estimate of drug-likeness (QED) is 0.0967. The molecule has 0 aliphatic carbocycles. The predicted molar refractivity (Wildman–Crippen MR) is 200 cm³/mol. The normalized spacial score (nSPS) is 12.0. The molecule has 0 fully saturated rings. The maximum absolute atomic E-state index is 13.3. The molecule has 3 aromatic rings. The summed E-state index contributed by atoms with van der Waals surface area (Å²) < 4.78 is 32.8. The van der Waals surface area contributed by atoms with Gasteiger partial charge in [0.15, 0.2) is 0 Å². The van der Waals surface area contributed by atoms with Gasteiger partial charge in [0.25, 0.3) is 17.7 Å². The smallest absolute Gasteiger partial charge is 0.291 e. The fraction of sp³-hybridized carbons (Fsp3) is 0.538. The third-order valence-electron chi connectivity index (χ3n) is 8.33. The van der Waals surface area contributed by atoms with E-state index in [0.29, 0.717) is 38.5 Å². The first-order chi connectivity index (χ1) is 26.1. The lowest BCUT2D eigenvalue weighted by Crippen LogP contribution is -2.34. The summed E-state index contributed by atoms with van der Waals surface area (Å²) in [6, 6.07) is 3.57. The summed E-state index contributed by atoms with van der Waals surface area (Å²) in [4.78, 5) is 76.6. The molecule has 3 heterocycles. The van der Waals surface area contributed by atoms with Crippen molar-refractivity contribution in [3.8, 4) is 17.2 Å². The zero-order chi connectivity index (χ0) is 39.3. The molecule has 2 unspecified atom stereocenters. The first-order valence-corrected chi connectivity index (χ1v) is 18.7. The lowest BCUT2D eigenvalue weighted by atomic mass is 9.91. The van der Waals surface area contributed by atoms with Gasteiger partial charge in [0.1, 0.15) is 0 Å². The second-order valence-corrected chi connectivity index (χ2v) is 13.0. The van der Waals surface area contributed by atoms with E-state index in [1.54, 1.807) is 0 Å². The number of unbranched alkanes of at least 4 members (excludes halogenated alkanes) is 3. The van der Waals surface area contributed by atoms with Crippen LogP contribution in [0.4, 0.5) is 0 Å². The van der Waals surface area contributed by atoms with Crippen molar-refractivity contribution in [1.82, 2.24) is 16.0 Å². The van der Waals surface area contributed by atoms with E-state index in [-0.39, 0.29) is 85.8 Å². The summed E-state index contributed by atoms with van der Waals surface area (Å²) in [6.07, 6.45) is 9.58. The van der Waals surface area contributed by atoms with Crippen LogP contribution < -0.4 is 46.4 Å². The monoisotopic (exact) mass is 755 g/mol. The van der Waals surface area contributed by atoms with Gasteiger partial charge >= 0.3 is 0 Å². The first-order valence-electron chi connectivity index (χ1n) is 18.7. The van der Waals surface area contributed by atoms with Crippen LogP contribution in [0.25, 0.3) is 0 Å². The Labute approximate surface area is 314 Å². The second-order valence-electron chi connectivity index (χ2n) is 13.0. The molecule has 296 valence electrons. The van der Waals surface area contributed by atoms with Crippen molar-refractivity contribution < 1.29 is 41.8 Å². The highest BCUT2D eigenvalue weighted by Crippen LogP contribution is 2.20. The summed E-state index contributed by atoms with van der Waals surface area (Å²) in [7, 11) is 0. The number of carbonyl (C=O) groups excluding carboxylic acids is 3. The van der Waals surface area contributed by atoms with Crippen LogP contribution in [-0.2, 0) is 0 Å². The van der Waals surface area contributed by atoms with Gasteiger partial charge in [-0.2, -0.15) is 0 Å². The third kappa shape index (κ3) is 13.6. The van der Waals surface area contributed by atoms with Gasteiger partial charge in [-0.15, -0.1) is 0 Å². The van der Waals surface area contributed by atoms with Crippen LogP contribution in [0.3, 0.4) is 0 Å². The molecule has 0 aliphatic rings. The van der Waals surface area contributed by atoms with Crippen molar-refractivity contribution in [3.05, 3.63) is 84.9 Å². The molecular formula is C39H53N3O12. The van der Waals surface area contributed by atoms with Crippen LogP contribution in [0.1, 0.15) is 117 Å². The fourth-order valence-corrected chi connectivity index (χ4v) is 5.34.